The molecule has 2 aliphatic heterocycles. The molecule has 0 amide bonds. The molecule has 0 fully saturated rings. The lowest BCUT2D eigenvalue weighted by Crippen LogP contribution is -2.61. The third kappa shape index (κ3) is 9.46. The molecule has 458 valence electrons. The van der Waals surface area contributed by atoms with Crippen molar-refractivity contribution in [3.63, 3.8) is 0 Å². The summed E-state index contributed by atoms with van der Waals surface area (Å²) in [6, 6.07) is 126. The smallest absolute Gasteiger partial charge is 0.252 e. The van der Waals surface area contributed by atoms with Crippen molar-refractivity contribution in [2.24, 2.45) is 0 Å². The van der Waals surface area contributed by atoms with Crippen LogP contribution >= 0.6 is 0 Å². The van der Waals surface area contributed by atoms with Gasteiger partial charge in [-0.2, -0.15) is 0 Å². The monoisotopic (exact) mass is 1230 g/mol. The van der Waals surface area contributed by atoms with Gasteiger partial charge in [0, 0.05) is 45.0 Å². The maximum atomic E-state index is 2.74. The SMILES string of the molecule is CC(C)(C)c1ccc2c(c1)B1c3ccc(-c4cccc5c4C(c4ccccc4)(c4ccccc4)c4ccccc4-5)cc3N(c3c(-c4ccccc4)cc(-c4ccccc4)cc3-c3ccccc3)c3cc(C(C)(C)C)cc(c31)N2c1c(-c2ccccc2)cccc1-c1ccccc1. The third-order valence-electron chi connectivity index (χ3n) is 20.6. The molecular formula is C93H73BN2. The van der Waals surface area contributed by atoms with E-state index in [0.717, 1.165) is 67.3 Å². The summed E-state index contributed by atoms with van der Waals surface area (Å²) < 4.78 is 0. The zero-order chi connectivity index (χ0) is 64.9. The van der Waals surface area contributed by atoms with Gasteiger partial charge < -0.3 is 9.80 Å². The van der Waals surface area contributed by atoms with Crippen molar-refractivity contribution in [1.82, 2.24) is 0 Å². The van der Waals surface area contributed by atoms with E-state index in [2.05, 4.69) is 385 Å². The van der Waals surface area contributed by atoms with Crippen LogP contribution < -0.4 is 26.2 Å². The molecule has 0 unspecified atom stereocenters. The molecule has 14 aromatic carbocycles. The minimum Gasteiger partial charge on any atom is -0.310 e. The van der Waals surface area contributed by atoms with Crippen LogP contribution in [0.5, 0.6) is 0 Å². The predicted molar refractivity (Wildman–Crippen MR) is 408 cm³/mol. The lowest BCUT2D eigenvalue weighted by Gasteiger charge is -2.47. The molecule has 0 atom stereocenters. The highest BCUT2D eigenvalue weighted by Gasteiger charge is 2.50. The van der Waals surface area contributed by atoms with Gasteiger partial charge in [0.25, 0.3) is 6.71 Å². The zero-order valence-electron chi connectivity index (χ0n) is 55.2. The lowest BCUT2D eigenvalue weighted by molar-refractivity contribution is 0.590. The molecule has 3 aliphatic rings. The zero-order valence-corrected chi connectivity index (χ0v) is 55.2. The predicted octanol–water partition coefficient (Wildman–Crippen LogP) is 22.7. The topological polar surface area (TPSA) is 6.48 Å². The molecule has 14 aromatic rings. The first-order valence-corrected chi connectivity index (χ1v) is 33.9. The van der Waals surface area contributed by atoms with Gasteiger partial charge in [-0.1, -0.05) is 339 Å². The van der Waals surface area contributed by atoms with E-state index < -0.39 is 5.41 Å². The van der Waals surface area contributed by atoms with Crippen molar-refractivity contribution in [3.8, 4) is 77.9 Å². The second-order valence-electron chi connectivity index (χ2n) is 28.3. The summed E-state index contributed by atoms with van der Waals surface area (Å²) in [6.45, 7) is 14.1. The van der Waals surface area contributed by atoms with E-state index in [1.165, 1.54) is 94.5 Å². The summed E-state index contributed by atoms with van der Waals surface area (Å²) in [4.78, 5) is 5.42. The van der Waals surface area contributed by atoms with Gasteiger partial charge >= 0.3 is 0 Å². The van der Waals surface area contributed by atoms with Crippen molar-refractivity contribution < 1.29 is 0 Å². The minimum atomic E-state index is -0.637. The first-order valence-electron chi connectivity index (χ1n) is 33.9. The minimum absolute atomic E-state index is 0.158. The fraction of sp³-hybridized carbons (Fsp3) is 0.0968. The molecule has 0 bridgehead atoms. The van der Waals surface area contributed by atoms with Gasteiger partial charge in [0.15, 0.2) is 0 Å². The first kappa shape index (κ1) is 58.6. The maximum absolute atomic E-state index is 2.74. The molecule has 0 saturated heterocycles. The van der Waals surface area contributed by atoms with Crippen LogP contribution in [0.25, 0.3) is 77.9 Å². The number of hydrogen-bond donors (Lipinski definition) is 0. The standard InChI is InChI=1S/C93H73BN2/c1-91(2,3)71-53-55-83-82(59-71)94-81-54-52-67(73-47-30-50-77-76-46-28-29-51-80(76)93(87(73)77,69-42-24-12-25-43-69)70-44-26-13-27-45-70)58-84(81)96(90-78(65-38-20-10-21-39-65)56-68(62-32-14-7-15-33-62)57-79(90)66-40-22-11-23-41-66)86-61-72(92(4,5)6)60-85(88(86)94)95(83)89-74(63-34-16-8-17-35-63)48-31-49-75(89)64-36-18-9-19-37-64/h7-61H,1-6H3. The number of anilines is 6. The molecule has 96 heavy (non-hydrogen) atoms. The van der Waals surface area contributed by atoms with Crippen LogP contribution in [0.2, 0.25) is 0 Å². The number of para-hydroxylation sites is 1. The van der Waals surface area contributed by atoms with E-state index >= 15 is 0 Å². The summed E-state index contributed by atoms with van der Waals surface area (Å²) in [5, 5.41) is 0. The lowest BCUT2D eigenvalue weighted by atomic mass is 9.33. The fourth-order valence-electron chi connectivity index (χ4n) is 16.1. The van der Waals surface area contributed by atoms with Gasteiger partial charge in [-0.05, 0) is 153 Å². The number of rotatable bonds is 10. The second-order valence-corrected chi connectivity index (χ2v) is 28.3. The molecule has 1 aliphatic carbocycles. The Morgan fingerprint density at radius 2 is 0.677 bits per heavy atom. The molecule has 0 N–H and O–H groups in total. The summed E-state index contributed by atoms with van der Waals surface area (Å²) >= 11 is 0. The van der Waals surface area contributed by atoms with E-state index in [1.54, 1.807) is 0 Å². The van der Waals surface area contributed by atoms with Crippen LogP contribution in [0.15, 0.2) is 334 Å². The first-order chi connectivity index (χ1) is 46.9. The molecule has 2 nitrogen and oxygen atoms in total. The Hall–Kier alpha value is -11.3. The van der Waals surface area contributed by atoms with Gasteiger partial charge in [0.1, 0.15) is 0 Å². The number of fused-ring (bicyclic) bond motifs is 7. The Morgan fingerprint density at radius 1 is 0.260 bits per heavy atom. The van der Waals surface area contributed by atoms with E-state index in [4.69, 9.17) is 0 Å². The van der Waals surface area contributed by atoms with Gasteiger partial charge in [-0.3, -0.25) is 0 Å². The quantitative estimate of drug-likeness (QED) is 0.126. The molecule has 0 saturated carbocycles. The van der Waals surface area contributed by atoms with Gasteiger partial charge in [-0.25, -0.2) is 0 Å². The Bertz CT molecular complexity index is 5130. The van der Waals surface area contributed by atoms with Crippen LogP contribution in [0.4, 0.5) is 34.1 Å². The Balaban J connectivity index is 1.05. The van der Waals surface area contributed by atoms with Crippen LogP contribution in [0, 0.1) is 0 Å². The van der Waals surface area contributed by atoms with Crippen molar-refractivity contribution in [2.75, 3.05) is 9.80 Å². The van der Waals surface area contributed by atoms with Crippen LogP contribution in [-0.4, -0.2) is 6.71 Å². The van der Waals surface area contributed by atoms with Crippen molar-refractivity contribution in [2.45, 2.75) is 57.8 Å². The third-order valence-corrected chi connectivity index (χ3v) is 20.6. The average Bonchev–Trinajstić information content (AvgIpc) is 1.20. The van der Waals surface area contributed by atoms with Crippen molar-refractivity contribution >= 4 is 57.2 Å². The van der Waals surface area contributed by atoms with E-state index in [-0.39, 0.29) is 17.5 Å². The molecule has 17 rings (SSSR count). The molecule has 0 aromatic heterocycles. The number of hydrogen-bond acceptors (Lipinski definition) is 2. The maximum Gasteiger partial charge on any atom is 0.252 e. The summed E-state index contributed by atoms with van der Waals surface area (Å²) in [7, 11) is 0. The number of benzene rings is 14. The van der Waals surface area contributed by atoms with Crippen LogP contribution in [0.1, 0.15) is 74.9 Å². The molecule has 0 spiro atoms. The fourth-order valence-corrected chi connectivity index (χ4v) is 16.1. The van der Waals surface area contributed by atoms with E-state index in [0.29, 0.717) is 0 Å². The number of nitrogens with zero attached hydrogens (tertiary/aromatic N) is 2. The molecule has 3 heteroatoms. The van der Waals surface area contributed by atoms with Crippen LogP contribution in [0.3, 0.4) is 0 Å². The summed E-state index contributed by atoms with van der Waals surface area (Å²) in [6.07, 6.45) is 0. The van der Waals surface area contributed by atoms with Crippen molar-refractivity contribution in [3.05, 3.63) is 367 Å². The Kier molecular flexibility index (Phi) is 14.1. The highest BCUT2D eigenvalue weighted by atomic mass is 15.2. The normalized spacial score (nSPS) is 13.3. The average molecular weight is 1230 g/mol. The van der Waals surface area contributed by atoms with Gasteiger partial charge in [-0.15, -0.1) is 0 Å². The second kappa shape index (κ2) is 23.0. The summed E-state index contributed by atoms with van der Waals surface area (Å²) in [5.41, 5.74) is 33.7. The Labute approximate surface area is 566 Å². The van der Waals surface area contributed by atoms with Gasteiger partial charge in [0.05, 0.1) is 16.8 Å². The van der Waals surface area contributed by atoms with E-state index in [9.17, 15) is 0 Å². The van der Waals surface area contributed by atoms with Crippen LogP contribution in [-0.2, 0) is 16.2 Å². The molecule has 2 heterocycles. The largest absolute Gasteiger partial charge is 0.310 e. The highest BCUT2D eigenvalue weighted by Crippen LogP contribution is 2.60. The van der Waals surface area contributed by atoms with Crippen molar-refractivity contribution in [1.29, 1.82) is 0 Å². The van der Waals surface area contributed by atoms with E-state index in [1.807, 2.05) is 0 Å². The molecular weight excluding hydrogens is 1160 g/mol. The Morgan fingerprint density at radius 3 is 1.19 bits per heavy atom. The molecule has 0 radical (unpaired) electrons. The van der Waals surface area contributed by atoms with Gasteiger partial charge in [0.2, 0.25) is 0 Å². The summed E-state index contributed by atoms with van der Waals surface area (Å²) in [5.74, 6) is 0. The highest BCUT2D eigenvalue weighted by molar-refractivity contribution is 7.00.